The van der Waals surface area contributed by atoms with E-state index in [9.17, 15) is 37.4 Å². The minimum Gasteiger partial charge on any atom is -0.465 e. The monoisotopic (exact) mass is 684 g/mol. The zero-order chi connectivity index (χ0) is 35.7. The van der Waals surface area contributed by atoms with Crippen LogP contribution in [0.1, 0.15) is 54.1 Å². The van der Waals surface area contributed by atoms with Crippen molar-refractivity contribution in [1.82, 2.24) is 24.6 Å². The van der Waals surface area contributed by atoms with Gasteiger partial charge < -0.3 is 20.3 Å². The molecule has 15 heteroatoms. The zero-order valence-corrected chi connectivity index (χ0v) is 27.2. The highest BCUT2D eigenvalue weighted by atomic mass is 19.3. The Morgan fingerprint density at radius 3 is 2.47 bits per heavy atom. The van der Waals surface area contributed by atoms with Crippen LogP contribution >= 0.6 is 0 Å². The molecule has 0 spiro atoms. The minimum atomic E-state index is -3.17. The maximum absolute atomic E-state index is 14.1. The van der Waals surface area contributed by atoms with Crippen molar-refractivity contribution in [2.75, 3.05) is 31.6 Å². The largest absolute Gasteiger partial charge is 0.465 e. The number of benzene rings is 2. The van der Waals surface area contributed by atoms with E-state index < -0.39 is 36.1 Å². The lowest BCUT2D eigenvalue weighted by Gasteiger charge is -2.46. The first kappa shape index (κ1) is 35.3. The van der Waals surface area contributed by atoms with Gasteiger partial charge >= 0.3 is 12.7 Å². The van der Waals surface area contributed by atoms with E-state index >= 15 is 0 Å². The quantitative estimate of drug-likeness (QED) is 0.166. The third kappa shape index (κ3) is 7.52. The molecule has 0 saturated carbocycles. The summed E-state index contributed by atoms with van der Waals surface area (Å²) in [6.45, 7) is 2.87. The number of alkyl halides is 4. The van der Waals surface area contributed by atoms with Crippen molar-refractivity contribution in [3.8, 4) is 22.6 Å². The molecular weight excluding hydrogens is 648 g/mol. The Labute approximate surface area is 279 Å². The number of carboxylic acid groups (broad SMARTS) is 1. The topological polar surface area (TPSA) is 133 Å². The van der Waals surface area contributed by atoms with Crippen LogP contribution in [0.15, 0.2) is 67.0 Å². The lowest BCUT2D eigenvalue weighted by Crippen LogP contribution is -2.58. The number of piperazine rings is 1. The number of ether oxygens (including phenoxy) is 1. The molecule has 2 amide bonds. The van der Waals surface area contributed by atoms with E-state index in [2.05, 4.69) is 15.4 Å². The summed E-state index contributed by atoms with van der Waals surface area (Å²) < 4.78 is 61.3. The second-order valence-electron chi connectivity index (χ2n) is 12.4. The molecule has 1 fully saturated rings. The van der Waals surface area contributed by atoms with Gasteiger partial charge in [-0.1, -0.05) is 18.2 Å². The van der Waals surface area contributed by atoms with E-state index in [4.69, 9.17) is 4.74 Å². The SMILES string of the molecule is Cc1nn(-c2ccc(OC(F)F)c(-c3cccnc3)c2)c(C2CN(C(C)(C)CO)CCN2C(=O)O)c1C(=O)Nc1cccc(C(C)(F)F)c1. The predicted octanol–water partition coefficient (Wildman–Crippen LogP) is 6.32. The second kappa shape index (κ2) is 13.8. The van der Waals surface area contributed by atoms with Crippen molar-refractivity contribution in [2.24, 2.45) is 0 Å². The summed E-state index contributed by atoms with van der Waals surface area (Å²) in [5.74, 6) is -4.06. The smallest absolute Gasteiger partial charge is 0.407 e. The molecule has 1 unspecified atom stereocenters. The summed E-state index contributed by atoms with van der Waals surface area (Å²) in [6.07, 6.45) is 1.71. The molecule has 0 aliphatic carbocycles. The highest BCUT2D eigenvalue weighted by Crippen LogP contribution is 2.38. The van der Waals surface area contributed by atoms with Crippen molar-refractivity contribution in [1.29, 1.82) is 0 Å². The first-order valence-electron chi connectivity index (χ1n) is 15.3. The molecule has 1 saturated heterocycles. The van der Waals surface area contributed by atoms with Crippen LogP contribution in [0, 0.1) is 6.92 Å². The van der Waals surface area contributed by atoms with Gasteiger partial charge in [0.1, 0.15) is 5.75 Å². The van der Waals surface area contributed by atoms with Gasteiger partial charge in [0.15, 0.2) is 0 Å². The van der Waals surface area contributed by atoms with Gasteiger partial charge in [-0.2, -0.15) is 13.9 Å². The third-order valence-electron chi connectivity index (χ3n) is 8.53. The Kier molecular flexibility index (Phi) is 9.97. The number of amides is 2. The van der Waals surface area contributed by atoms with E-state index in [1.165, 1.54) is 58.4 Å². The van der Waals surface area contributed by atoms with Crippen LogP contribution in [0.2, 0.25) is 0 Å². The number of carbonyl (C=O) groups is 2. The molecule has 3 heterocycles. The molecule has 49 heavy (non-hydrogen) atoms. The van der Waals surface area contributed by atoms with Gasteiger partial charge in [0.2, 0.25) is 0 Å². The fraction of sp³-hybridized carbons (Fsp3) is 0.353. The molecule has 0 bridgehead atoms. The Morgan fingerprint density at radius 1 is 1.08 bits per heavy atom. The van der Waals surface area contributed by atoms with Crippen LogP contribution < -0.4 is 10.1 Å². The minimum absolute atomic E-state index is 0.00981. The van der Waals surface area contributed by atoms with Crippen molar-refractivity contribution < 1.29 is 42.1 Å². The van der Waals surface area contributed by atoms with Crippen LogP contribution in [-0.4, -0.2) is 85.2 Å². The Hall–Kier alpha value is -5.02. The summed E-state index contributed by atoms with van der Waals surface area (Å²) in [7, 11) is 0. The molecule has 1 aliphatic heterocycles. The maximum atomic E-state index is 14.1. The fourth-order valence-electron chi connectivity index (χ4n) is 5.89. The number of aryl methyl sites for hydroxylation is 1. The number of rotatable bonds is 10. The molecule has 2 aromatic carbocycles. The highest BCUT2D eigenvalue weighted by Gasteiger charge is 2.41. The number of hydrogen-bond acceptors (Lipinski definition) is 7. The van der Waals surface area contributed by atoms with E-state index in [-0.39, 0.29) is 71.4 Å². The molecule has 1 aliphatic rings. The van der Waals surface area contributed by atoms with Gasteiger partial charge in [-0.3, -0.25) is 19.6 Å². The van der Waals surface area contributed by atoms with Crippen molar-refractivity contribution >= 4 is 17.7 Å². The summed E-state index contributed by atoms with van der Waals surface area (Å²) >= 11 is 0. The number of nitrogens with one attached hydrogen (secondary N) is 1. The summed E-state index contributed by atoms with van der Waals surface area (Å²) in [5.41, 5.74) is 0.273. The molecule has 1 atom stereocenters. The summed E-state index contributed by atoms with van der Waals surface area (Å²) in [6, 6.07) is 11.7. The number of halogens is 4. The van der Waals surface area contributed by atoms with Crippen LogP contribution in [0.5, 0.6) is 5.75 Å². The first-order chi connectivity index (χ1) is 23.1. The maximum Gasteiger partial charge on any atom is 0.407 e. The number of aliphatic hydroxyl groups excluding tert-OH is 1. The van der Waals surface area contributed by atoms with Crippen molar-refractivity contribution in [3.05, 3.63) is 89.5 Å². The van der Waals surface area contributed by atoms with Gasteiger partial charge in [-0.25, -0.2) is 18.3 Å². The predicted molar refractivity (Wildman–Crippen MR) is 172 cm³/mol. The lowest BCUT2D eigenvalue weighted by atomic mass is 9.96. The third-order valence-corrected chi connectivity index (χ3v) is 8.53. The Balaban J connectivity index is 1.71. The van der Waals surface area contributed by atoms with Gasteiger partial charge in [0, 0.05) is 66.9 Å². The zero-order valence-electron chi connectivity index (χ0n) is 27.2. The van der Waals surface area contributed by atoms with Crippen molar-refractivity contribution in [2.45, 2.75) is 51.8 Å². The number of hydrogen-bond donors (Lipinski definition) is 3. The Morgan fingerprint density at radius 2 is 1.84 bits per heavy atom. The van der Waals surface area contributed by atoms with Gasteiger partial charge in [0.05, 0.1) is 35.3 Å². The lowest BCUT2D eigenvalue weighted by molar-refractivity contribution is -0.0494. The number of carbonyl (C=O) groups excluding carboxylic acids is 1. The van der Waals surface area contributed by atoms with Crippen LogP contribution in [0.3, 0.4) is 0 Å². The van der Waals surface area contributed by atoms with E-state index in [0.717, 1.165) is 13.0 Å². The number of nitrogens with zero attached hydrogens (tertiary/aromatic N) is 5. The van der Waals surface area contributed by atoms with Crippen LogP contribution in [-0.2, 0) is 5.92 Å². The molecule has 260 valence electrons. The number of aromatic nitrogens is 3. The van der Waals surface area contributed by atoms with Crippen LogP contribution in [0.25, 0.3) is 16.8 Å². The average molecular weight is 685 g/mol. The summed E-state index contributed by atoms with van der Waals surface area (Å²) in [4.78, 5) is 33.9. The van der Waals surface area contributed by atoms with Gasteiger partial charge in [-0.15, -0.1) is 0 Å². The normalized spacial score (nSPS) is 15.8. The number of pyridine rings is 1. The molecular formula is C34H36F4N6O5. The van der Waals surface area contributed by atoms with E-state index in [0.29, 0.717) is 5.56 Å². The van der Waals surface area contributed by atoms with E-state index in [1.54, 1.807) is 32.9 Å². The van der Waals surface area contributed by atoms with Gasteiger partial charge in [-0.05, 0) is 57.2 Å². The fourth-order valence-corrected chi connectivity index (χ4v) is 5.89. The number of aliphatic hydroxyl groups is 1. The standard InChI is InChI=1S/C34H36F4N6O5/c1-20-28(30(46)40-23-9-5-8-22(15-23)34(4,37)38)29(26-18-42(33(2,3)19-45)13-14-43(26)32(47)48)44(41-20)24-10-11-27(49-31(35)36)25(16-24)21-7-6-12-39-17-21/h5-12,15-17,26,31,45H,13-14,18-19H2,1-4H3,(H,40,46)(H,47,48). The Bertz CT molecular complexity index is 1830. The first-order valence-corrected chi connectivity index (χ1v) is 15.3. The van der Waals surface area contributed by atoms with E-state index in [1.807, 2.05) is 4.90 Å². The molecule has 4 aromatic rings. The average Bonchev–Trinajstić information content (AvgIpc) is 3.41. The molecule has 5 rings (SSSR count). The van der Waals surface area contributed by atoms with Crippen LogP contribution in [0.4, 0.5) is 28.0 Å². The van der Waals surface area contributed by atoms with Crippen molar-refractivity contribution in [3.63, 3.8) is 0 Å². The number of anilines is 1. The molecule has 11 nitrogen and oxygen atoms in total. The molecule has 0 radical (unpaired) electrons. The second-order valence-corrected chi connectivity index (χ2v) is 12.4. The molecule has 2 aromatic heterocycles. The van der Waals surface area contributed by atoms with Gasteiger partial charge in [0.25, 0.3) is 11.8 Å². The highest BCUT2D eigenvalue weighted by molar-refractivity contribution is 6.06. The molecule has 3 N–H and O–H groups in total. The summed E-state index contributed by atoms with van der Waals surface area (Å²) in [5, 5.41) is 27.8.